The first-order chi connectivity index (χ1) is 13.7. The van der Waals surface area contributed by atoms with Crippen molar-refractivity contribution < 1.29 is 23.1 Å². The molecule has 0 aliphatic carbocycles. The van der Waals surface area contributed by atoms with Gasteiger partial charge in [0, 0.05) is 6.08 Å². The highest BCUT2D eigenvalue weighted by Gasteiger charge is 2.11. The number of nitrogens with zero attached hydrogens (tertiary/aromatic N) is 2. The van der Waals surface area contributed by atoms with E-state index in [1.165, 1.54) is 12.3 Å². The number of carbonyl (C=O) groups is 1. The lowest BCUT2D eigenvalue weighted by molar-refractivity contribution is -0.139. The maximum absolute atomic E-state index is 11.9. The van der Waals surface area contributed by atoms with Crippen molar-refractivity contribution in [2.75, 3.05) is 7.11 Å². The Bertz CT molecular complexity index is 1130. The molecule has 7 nitrogen and oxygen atoms in total. The molecule has 0 saturated carbocycles. The Kier molecular flexibility index (Phi) is 4.88. The van der Waals surface area contributed by atoms with Crippen LogP contribution in [-0.4, -0.2) is 23.3 Å². The normalized spacial score (nSPS) is 11.2. The van der Waals surface area contributed by atoms with Crippen LogP contribution in [0.15, 0.2) is 69.7 Å². The summed E-state index contributed by atoms with van der Waals surface area (Å²) in [5.41, 5.74) is 0.882. The maximum atomic E-state index is 11.9. The SMILES string of the molecule is COc1ccc2cc(/C=C/C(=O)OCc3nnc(-c4ccco4)o3)ccc2c1. The molecule has 0 N–H and O–H groups in total. The zero-order valence-electron chi connectivity index (χ0n) is 15.0. The third-order valence-corrected chi connectivity index (χ3v) is 4.02. The second-order valence-corrected chi connectivity index (χ2v) is 5.89. The van der Waals surface area contributed by atoms with Gasteiger partial charge in [-0.25, -0.2) is 4.79 Å². The summed E-state index contributed by atoms with van der Waals surface area (Å²) in [4.78, 5) is 11.9. The fourth-order valence-corrected chi connectivity index (χ4v) is 2.63. The van der Waals surface area contributed by atoms with E-state index >= 15 is 0 Å². The zero-order valence-corrected chi connectivity index (χ0v) is 15.0. The molecule has 0 spiro atoms. The van der Waals surface area contributed by atoms with Crippen LogP contribution in [0.2, 0.25) is 0 Å². The first-order valence-corrected chi connectivity index (χ1v) is 8.50. The second kappa shape index (κ2) is 7.79. The van der Waals surface area contributed by atoms with Crippen molar-refractivity contribution in [2.45, 2.75) is 6.61 Å². The van der Waals surface area contributed by atoms with Gasteiger partial charge in [-0.2, -0.15) is 0 Å². The largest absolute Gasteiger partial charge is 0.497 e. The summed E-state index contributed by atoms with van der Waals surface area (Å²) < 4.78 is 20.9. The minimum Gasteiger partial charge on any atom is -0.497 e. The topological polar surface area (TPSA) is 87.6 Å². The van der Waals surface area contributed by atoms with E-state index in [1.807, 2.05) is 36.4 Å². The van der Waals surface area contributed by atoms with E-state index in [0.717, 1.165) is 22.1 Å². The average molecular weight is 376 g/mol. The van der Waals surface area contributed by atoms with Gasteiger partial charge < -0.3 is 18.3 Å². The summed E-state index contributed by atoms with van der Waals surface area (Å²) in [6.07, 6.45) is 4.55. The molecule has 0 saturated heterocycles. The first kappa shape index (κ1) is 17.5. The van der Waals surface area contributed by atoms with Gasteiger partial charge in [0.25, 0.3) is 11.8 Å². The highest BCUT2D eigenvalue weighted by Crippen LogP contribution is 2.22. The molecule has 0 bridgehead atoms. The van der Waals surface area contributed by atoms with Crippen LogP contribution in [-0.2, 0) is 16.1 Å². The Morgan fingerprint density at radius 1 is 1.11 bits per heavy atom. The van der Waals surface area contributed by atoms with E-state index in [1.54, 1.807) is 25.3 Å². The lowest BCUT2D eigenvalue weighted by Crippen LogP contribution is -2.00. The van der Waals surface area contributed by atoms with Crippen LogP contribution < -0.4 is 4.74 Å². The van der Waals surface area contributed by atoms with Crippen molar-refractivity contribution in [1.29, 1.82) is 0 Å². The lowest BCUT2D eigenvalue weighted by Gasteiger charge is -2.03. The number of fused-ring (bicyclic) bond motifs is 1. The van der Waals surface area contributed by atoms with Gasteiger partial charge in [0.2, 0.25) is 0 Å². The van der Waals surface area contributed by atoms with Gasteiger partial charge in [0.15, 0.2) is 12.4 Å². The molecular weight excluding hydrogens is 360 g/mol. The highest BCUT2D eigenvalue weighted by atomic mass is 16.5. The fraction of sp³-hybridized carbons (Fsp3) is 0.0952. The molecule has 4 aromatic rings. The van der Waals surface area contributed by atoms with E-state index in [4.69, 9.17) is 18.3 Å². The molecule has 28 heavy (non-hydrogen) atoms. The molecule has 0 aliphatic rings. The second-order valence-electron chi connectivity index (χ2n) is 5.89. The Morgan fingerprint density at radius 3 is 2.79 bits per heavy atom. The summed E-state index contributed by atoms with van der Waals surface area (Å²) in [7, 11) is 1.63. The predicted octanol–water partition coefficient (Wildman–Crippen LogP) is 4.25. The number of hydrogen-bond acceptors (Lipinski definition) is 7. The minimum atomic E-state index is -0.507. The maximum Gasteiger partial charge on any atom is 0.331 e. The lowest BCUT2D eigenvalue weighted by atomic mass is 10.1. The van der Waals surface area contributed by atoms with Gasteiger partial charge in [-0.1, -0.05) is 18.2 Å². The molecule has 0 atom stereocenters. The number of benzene rings is 2. The van der Waals surface area contributed by atoms with Gasteiger partial charge in [0.05, 0.1) is 13.4 Å². The van der Waals surface area contributed by atoms with Crippen LogP contribution >= 0.6 is 0 Å². The van der Waals surface area contributed by atoms with E-state index in [-0.39, 0.29) is 18.4 Å². The van der Waals surface area contributed by atoms with Crippen molar-refractivity contribution in [2.24, 2.45) is 0 Å². The van der Waals surface area contributed by atoms with Crippen LogP contribution in [0.4, 0.5) is 0 Å². The van der Waals surface area contributed by atoms with E-state index in [0.29, 0.717) is 5.76 Å². The first-order valence-electron chi connectivity index (χ1n) is 8.50. The Balaban J connectivity index is 1.37. The van der Waals surface area contributed by atoms with Crippen molar-refractivity contribution in [3.05, 3.63) is 72.3 Å². The van der Waals surface area contributed by atoms with Crippen molar-refractivity contribution in [3.8, 4) is 17.4 Å². The van der Waals surface area contributed by atoms with Gasteiger partial charge in [0.1, 0.15) is 5.75 Å². The number of esters is 1. The Hall–Kier alpha value is -3.87. The van der Waals surface area contributed by atoms with Crippen LogP contribution in [0.1, 0.15) is 11.5 Å². The highest BCUT2D eigenvalue weighted by molar-refractivity contribution is 5.90. The van der Waals surface area contributed by atoms with Crippen molar-refractivity contribution in [3.63, 3.8) is 0 Å². The number of furan rings is 1. The Labute approximate surface area is 160 Å². The predicted molar refractivity (Wildman–Crippen MR) is 101 cm³/mol. The zero-order chi connectivity index (χ0) is 19.3. The summed E-state index contributed by atoms with van der Waals surface area (Å²) >= 11 is 0. The summed E-state index contributed by atoms with van der Waals surface area (Å²) in [5.74, 6) is 1.18. The van der Waals surface area contributed by atoms with Crippen molar-refractivity contribution >= 4 is 22.8 Å². The van der Waals surface area contributed by atoms with E-state index in [9.17, 15) is 4.79 Å². The molecule has 0 unspecified atom stereocenters. The molecule has 2 heterocycles. The number of methoxy groups -OCH3 is 1. The molecule has 0 aliphatic heterocycles. The van der Waals surface area contributed by atoms with Crippen molar-refractivity contribution in [1.82, 2.24) is 10.2 Å². The summed E-state index contributed by atoms with van der Waals surface area (Å²) in [6.45, 7) is -0.117. The van der Waals surface area contributed by atoms with Gasteiger partial charge in [-0.3, -0.25) is 0 Å². The molecule has 0 radical (unpaired) electrons. The monoisotopic (exact) mass is 376 g/mol. The molecule has 2 aromatic carbocycles. The van der Waals surface area contributed by atoms with E-state index in [2.05, 4.69) is 10.2 Å². The van der Waals surface area contributed by atoms with Crippen LogP contribution in [0.3, 0.4) is 0 Å². The molecule has 2 aromatic heterocycles. The number of hydrogen-bond donors (Lipinski definition) is 0. The summed E-state index contributed by atoms with van der Waals surface area (Å²) in [5, 5.41) is 9.77. The molecular formula is C21H16N2O5. The van der Waals surface area contributed by atoms with Crippen LogP contribution in [0.5, 0.6) is 5.75 Å². The third-order valence-electron chi connectivity index (χ3n) is 4.02. The molecule has 0 fully saturated rings. The Morgan fingerprint density at radius 2 is 1.96 bits per heavy atom. The fourth-order valence-electron chi connectivity index (χ4n) is 2.63. The molecule has 140 valence electrons. The van der Waals surface area contributed by atoms with Crippen LogP contribution in [0, 0.1) is 0 Å². The minimum absolute atomic E-state index is 0.117. The number of ether oxygens (including phenoxy) is 2. The van der Waals surface area contributed by atoms with Gasteiger partial charge in [-0.05, 0) is 52.7 Å². The van der Waals surface area contributed by atoms with Gasteiger partial charge in [-0.15, -0.1) is 10.2 Å². The average Bonchev–Trinajstić information content (AvgIpc) is 3.41. The summed E-state index contributed by atoms with van der Waals surface area (Å²) in [6, 6.07) is 15.1. The molecule has 4 rings (SSSR count). The van der Waals surface area contributed by atoms with E-state index < -0.39 is 5.97 Å². The standard InChI is InChI=1S/C21H16N2O5/c1-25-17-8-7-15-11-14(4-6-16(15)12-17)5-9-20(24)27-13-19-22-23-21(28-19)18-3-2-10-26-18/h2-12H,13H2,1H3/b9-5+. The van der Waals surface area contributed by atoms with Gasteiger partial charge >= 0.3 is 5.97 Å². The quantitative estimate of drug-likeness (QED) is 0.367. The number of rotatable bonds is 6. The third kappa shape index (κ3) is 3.93. The smallest absolute Gasteiger partial charge is 0.331 e. The number of carbonyl (C=O) groups excluding carboxylic acids is 1. The number of aromatic nitrogens is 2. The van der Waals surface area contributed by atoms with Crippen LogP contribution in [0.25, 0.3) is 28.5 Å². The molecule has 0 amide bonds. The molecule has 7 heteroatoms.